The highest BCUT2D eigenvalue weighted by molar-refractivity contribution is 8.18. The number of amides is 2. The van der Waals surface area contributed by atoms with E-state index in [0.717, 1.165) is 23.1 Å². The largest absolute Gasteiger partial charge is 0.298 e. The van der Waals surface area contributed by atoms with Crippen LogP contribution in [0.4, 0.5) is 4.79 Å². The molecular formula is C11H10N2O3S. The number of allylic oxidation sites excluding steroid dienone is 2. The zero-order valence-corrected chi connectivity index (χ0v) is 9.99. The lowest BCUT2D eigenvalue weighted by atomic mass is 10.3. The van der Waals surface area contributed by atoms with Crippen molar-refractivity contribution in [3.63, 3.8) is 0 Å². The number of thioether (sulfide) groups is 1. The minimum atomic E-state index is -0.418. The fraction of sp³-hybridized carbons (Fsp3) is 0.273. The molecule has 5 nitrogen and oxygen atoms in total. The molecule has 2 rings (SSSR count). The lowest BCUT2D eigenvalue weighted by Gasteiger charge is -2.08. The summed E-state index contributed by atoms with van der Waals surface area (Å²) in [6.07, 6.45) is 5.90. The molecule has 0 N–H and O–H groups in total. The molecule has 2 heterocycles. The van der Waals surface area contributed by atoms with E-state index in [1.54, 1.807) is 12.3 Å². The molecule has 1 fully saturated rings. The molecule has 17 heavy (non-hydrogen) atoms. The second-order valence-corrected chi connectivity index (χ2v) is 4.64. The molecule has 0 aromatic carbocycles. The first kappa shape index (κ1) is 11.8. The predicted octanol–water partition coefficient (Wildman–Crippen LogP) is 1.51. The van der Waals surface area contributed by atoms with Crippen LogP contribution < -0.4 is 0 Å². The molecule has 0 spiro atoms. The van der Waals surface area contributed by atoms with Gasteiger partial charge < -0.3 is 0 Å². The monoisotopic (exact) mass is 250 g/mol. The number of ketones is 1. The van der Waals surface area contributed by atoms with Crippen LogP contribution in [-0.4, -0.2) is 34.6 Å². The highest BCUT2D eigenvalue weighted by Crippen LogP contribution is 2.31. The van der Waals surface area contributed by atoms with Crippen molar-refractivity contribution in [3.8, 4) is 0 Å². The molecule has 2 amide bonds. The van der Waals surface area contributed by atoms with Crippen LogP contribution in [-0.2, 0) is 9.59 Å². The third-order valence-electron chi connectivity index (χ3n) is 2.21. The van der Waals surface area contributed by atoms with Gasteiger partial charge in [-0.3, -0.25) is 24.3 Å². The summed E-state index contributed by atoms with van der Waals surface area (Å²) < 4.78 is 0. The Kier molecular flexibility index (Phi) is 3.23. The molecule has 0 aromatic rings. The lowest BCUT2D eigenvalue weighted by Crippen LogP contribution is -2.32. The molecule has 6 heteroatoms. The Morgan fingerprint density at radius 1 is 1.59 bits per heavy atom. The first-order chi connectivity index (χ1) is 8.08. The van der Waals surface area contributed by atoms with Crippen LogP contribution in [0.15, 0.2) is 27.7 Å². The van der Waals surface area contributed by atoms with E-state index < -0.39 is 11.1 Å². The number of imide groups is 1. The number of Topliss-reactive ketones (excluding diaryl/α,β-unsaturated/α-hetero) is 1. The minimum Gasteiger partial charge on any atom is -0.298 e. The maximum absolute atomic E-state index is 11.8. The molecule has 0 bridgehead atoms. The van der Waals surface area contributed by atoms with E-state index in [4.69, 9.17) is 0 Å². The average molecular weight is 250 g/mol. The molecule has 88 valence electrons. The van der Waals surface area contributed by atoms with E-state index >= 15 is 0 Å². The summed E-state index contributed by atoms with van der Waals surface area (Å²) in [4.78, 5) is 39.6. The molecule has 2 aliphatic heterocycles. The molecule has 0 radical (unpaired) electrons. The summed E-state index contributed by atoms with van der Waals surface area (Å²) in [6, 6.07) is 0. The summed E-state index contributed by atoms with van der Waals surface area (Å²) in [6.45, 7) is 1.18. The van der Waals surface area contributed by atoms with Gasteiger partial charge in [-0.15, -0.1) is 0 Å². The average Bonchev–Trinajstić information content (AvgIpc) is 2.83. The quantitative estimate of drug-likeness (QED) is 0.712. The fourth-order valence-electron chi connectivity index (χ4n) is 1.47. The van der Waals surface area contributed by atoms with E-state index in [9.17, 15) is 14.4 Å². The minimum absolute atomic E-state index is 0.162. The topological polar surface area (TPSA) is 66.8 Å². The van der Waals surface area contributed by atoms with Crippen LogP contribution in [0.5, 0.6) is 0 Å². The molecule has 1 saturated heterocycles. The maximum Gasteiger partial charge on any atom is 0.293 e. The third kappa shape index (κ3) is 2.52. The van der Waals surface area contributed by atoms with Crippen LogP contribution in [0.25, 0.3) is 0 Å². The third-order valence-corrected chi connectivity index (χ3v) is 3.11. The lowest BCUT2D eigenvalue weighted by molar-refractivity contribution is -0.127. The summed E-state index contributed by atoms with van der Waals surface area (Å²) >= 11 is 0.842. The SMILES string of the molecule is CC(=O)CN1C(=O)S/C(=C\C2=CCC=N2)C1=O. The van der Waals surface area contributed by atoms with Crippen LogP contribution in [0.3, 0.4) is 0 Å². The molecule has 0 aliphatic carbocycles. The number of rotatable bonds is 3. The standard InChI is InChI=1S/C11H10N2O3S/c1-7(14)6-13-10(15)9(17-11(13)16)5-8-3-2-4-12-8/h3-5H,2,6H2,1H3/b9-5-. The zero-order chi connectivity index (χ0) is 12.4. The highest BCUT2D eigenvalue weighted by atomic mass is 32.2. The van der Waals surface area contributed by atoms with Gasteiger partial charge in [0, 0.05) is 12.6 Å². The summed E-state index contributed by atoms with van der Waals surface area (Å²) in [5.74, 6) is -0.634. The van der Waals surface area contributed by atoms with Crippen molar-refractivity contribution >= 4 is 34.9 Å². The van der Waals surface area contributed by atoms with Crippen molar-refractivity contribution in [2.45, 2.75) is 13.3 Å². The Labute approximate surface area is 102 Å². The Balaban J connectivity index is 2.18. The number of hydrogen-bond acceptors (Lipinski definition) is 5. The number of nitrogens with zero attached hydrogens (tertiary/aromatic N) is 2. The number of aliphatic imine (C=N–C) groups is 1. The van der Waals surface area contributed by atoms with Gasteiger partial charge >= 0.3 is 0 Å². The second-order valence-electron chi connectivity index (χ2n) is 3.65. The van der Waals surface area contributed by atoms with Gasteiger partial charge in [0.25, 0.3) is 11.1 Å². The van der Waals surface area contributed by atoms with E-state index in [2.05, 4.69) is 4.99 Å². The second kappa shape index (κ2) is 4.67. The van der Waals surface area contributed by atoms with Crippen LogP contribution in [0.1, 0.15) is 13.3 Å². The van der Waals surface area contributed by atoms with Crippen LogP contribution in [0.2, 0.25) is 0 Å². The van der Waals surface area contributed by atoms with Gasteiger partial charge in [-0.25, -0.2) is 0 Å². The first-order valence-electron chi connectivity index (χ1n) is 5.05. The van der Waals surface area contributed by atoms with Gasteiger partial charge in [0.15, 0.2) is 0 Å². The highest BCUT2D eigenvalue weighted by Gasteiger charge is 2.35. The molecule has 2 aliphatic rings. The van der Waals surface area contributed by atoms with E-state index in [1.165, 1.54) is 6.92 Å². The molecule has 0 saturated carbocycles. The van der Waals surface area contributed by atoms with Crippen molar-refractivity contribution in [3.05, 3.63) is 22.8 Å². The molecule has 0 atom stereocenters. The van der Waals surface area contributed by atoms with Crippen molar-refractivity contribution in [2.24, 2.45) is 4.99 Å². The normalized spacial score (nSPS) is 21.6. The van der Waals surface area contributed by atoms with Gasteiger partial charge in [-0.05, 0) is 24.8 Å². The zero-order valence-electron chi connectivity index (χ0n) is 9.17. The van der Waals surface area contributed by atoms with Crippen molar-refractivity contribution in [1.82, 2.24) is 4.90 Å². The van der Waals surface area contributed by atoms with Crippen molar-refractivity contribution in [2.75, 3.05) is 6.54 Å². The molecule has 0 unspecified atom stereocenters. The number of carbonyl (C=O) groups is 3. The molecule has 0 aromatic heterocycles. The predicted molar refractivity (Wildman–Crippen MR) is 64.7 cm³/mol. The fourth-order valence-corrected chi connectivity index (χ4v) is 2.30. The van der Waals surface area contributed by atoms with E-state index in [0.29, 0.717) is 10.6 Å². The molecular weight excluding hydrogens is 240 g/mol. The summed E-state index contributed by atoms with van der Waals surface area (Å²) in [7, 11) is 0. The van der Waals surface area contributed by atoms with Crippen LogP contribution >= 0.6 is 11.8 Å². The van der Waals surface area contributed by atoms with Gasteiger partial charge in [0.2, 0.25) is 0 Å². The van der Waals surface area contributed by atoms with E-state index in [1.807, 2.05) is 6.08 Å². The van der Waals surface area contributed by atoms with Crippen molar-refractivity contribution in [1.29, 1.82) is 0 Å². The smallest absolute Gasteiger partial charge is 0.293 e. The Morgan fingerprint density at radius 2 is 2.35 bits per heavy atom. The Hall–Kier alpha value is -1.69. The maximum atomic E-state index is 11.8. The first-order valence-corrected chi connectivity index (χ1v) is 5.87. The Morgan fingerprint density at radius 3 is 2.94 bits per heavy atom. The van der Waals surface area contributed by atoms with E-state index in [-0.39, 0.29) is 12.3 Å². The van der Waals surface area contributed by atoms with Gasteiger partial charge in [-0.1, -0.05) is 6.08 Å². The van der Waals surface area contributed by atoms with Crippen molar-refractivity contribution < 1.29 is 14.4 Å². The summed E-state index contributed by atoms with van der Waals surface area (Å²) in [5, 5.41) is -0.404. The van der Waals surface area contributed by atoms with Gasteiger partial charge in [0.1, 0.15) is 5.78 Å². The Bertz CT molecular complexity index is 491. The van der Waals surface area contributed by atoms with Crippen LogP contribution in [0, 0.1) is 0 Å². The summed E-state index contributed by atoms with van der Waals surface area (Å²) in [5.41, 5.74) is 0.679. The number of hydrogen-bond donors (Lipinski definition) is 0. The number of carbonyl (C=O) groups excluding carboxylic acids is 3. The van der Waals surface area contributed by atoms with Gasteiger partial charge in [0.05, 0.1) is 17.1 Å². The van der Waals surface area contributed by atoms with Gasteiger partial charge in [-0.2, -0.15) is 0 Å².